The lowest BCUT2D eigenvalue weighted by molar-refractivity contribution is 0.394. The molecule has 152 valence electrons. The molecular weight excluding hydrogens is 375 g/mol. The number of ether oxygens (including phenoxy) is 1. The third-order valence-electron chi connectivity index (χ3n) is 5.12. The summed E-state index contributed by atoms with van der Waals surface area (Å²) >= 11 is 0. The van der Waals surface area contributed by atoms with E-state index in [2.05, 4.69) is 36.4 Å². The number of nitrogens with one attached hydrogen (secondary N) is 4. The number of piperazine rings is 1. The number of nitrogens with zero attached hydrogens (tertiary/aromatic N) is 4. The summed E-state index contributed by atoms with van der Waals surface area (Å²) in [6, 6.07) is 5.14. The summed E-state index contributed by atoms with van der Waals surface area (Å²) in [6.07, 6.45) is 3.29. The van der Waals surface area contributed by atoms with Crippen LogP contribution in [0, 0.1) is 17.1 Å². The van der Waals surface area contributed by atoms with E-state index in [1.165, 1.54) is 12.4 Å². The highest BCUT2D eigenvalue weighted by Crippen LogP contribution is 2.36. The smallest absolute Gasteiger partial charge is 0.158 e. The third-order valence-corrected chi connectivity index (χ3v) is 5.12. The molecule has 1 aromatic carbocycles. The molecule has 0 aliphatic carbocycles. The van der Waals surface area contributed by atoms with Crippen molar-refractivity contribution in [1.82, 2.24) is 26.1 Å². The first-order chi connectivity index (χ1) is 14.2. The van der Waals surface area contributed by atoms with Gasteiger partial charge in [-0.25, -0.2) is 25.2 Å². The molecule has 0 bridgehead atoms. The van der Waals surface area contributed by atoms with E-state index in [-0.39, 0.29) is 23.7 Å². The number of hydrogen-bond acceptors (Lipinski definition) is 9. The van der Waals surface area contributed by atoms with Gasteiger partial charge >= 0.3 is 0 Å². The Bertz CT molecular complexity index is 894. The molecule has 2 unspecified atom stereocenters. The second-order valence-corrected chi connectivity index (χ2v) is 6.95. The van der Waals surface area contributed by atoms with Crippen molar-refractivity contribution in [1.29, 1.82) is 5.26 Å². The van der Waals surface area contributed by atoms with E-state index in [1.54, 1.807) is 13.2 Å². The first kappa shape index (κ1) is 19.3. The van der Waals surface area contributed by atoms with Gasteiger partial charge in [0.05, 0.1) is 31.7 Å². The zero-order valence-corrected chi connectivity index (χ0v) is 16.1. The number of rotatable bonds is 5. The van der Waals surface area contributed by atoms with E-state index in [0.717, 1.165) is 31.9 Å². The van der Waals surface area contributed by atoms with E-state index < -0.39 is 0 Å². The summed E-state index contributed by atoms with van der Waals surface area (Å²) in [4.78, 5) is 10.3. The van der Waals surface area contributed by atoms with Gasteiger partial charge < -0.3 is 20.3 Å². The maximum Gasteiger partial charge on any atom is 0.158 e. The van der Waals surface area contributed by atoms with Crippen molar-refractivity contribution in [2.24, 2.45) is 0 Å². The highest BCUT2D eigenvalue weighted by atomic mass is 19.1. The van der Waals surface area contributed by atoms with Crippen LogP contribution in [0.1, 0.15) is 23.7 Å². The van der Waals surface area contributed by atoms with Crippen molar-refractivity contribution in [3.63, 3.8) is 0 Å². The van der Waals surface area contributed by atoms with Crippen LogP contribution in [-0.4, -0.2) is 49.4 Å². The van der Waals surface area contributed by atoms with Crippen molar-refractivity contribution in [2.75, 3.05) is 43.5 Å². The molecule has 2 saturated heterocycles. The molecule has 1 aromatic heterocycles. The van der Waals surface area contributed by atoms with Crippen LogP contribution in [0.5, 0.6) is 5.75 Å². The number of methoxy groups -OCH3 is 1. The second-order valence-electron chi connectivity index (χ2n) is 6.95. The zero-order chi connectivity index (χ0) is 20.2. The van der Waals surface area contributed by atoms with Crippen molar-refractivity contribution in [3.05, 3.63) is 41.6 Å². The Labute approximate surface area is 168 Å². The van der Waals surface area contributed by atoms with Gasteiger partial charge in [0.1, 0.15) is 23.5 Å². The number of benzene rings is 1. The van der Waals surface area contributed by atoms with E-state index >= 15 is 4.39 Å². The zero-order valence-electron chi connectivity index (χ0n) is 16.1. The Hall–Kier alpha value is -3.00. The Morgan fingerprint density at radius 3 is 2.76 bits per heavy atom. The Morgan fingerprint density at radius 1 is 1.24 bits per heavy atom. The van der Waals surface area contributed by atoms with Crippen LogP contribution in [0.25, 0.3) is 0 Å². The average Bonchev–Trinajstić information content (AvgIpc) is 3.22. The number of halogens is 1. The molecule has 2 aromatic rings. The average molecular weight is 398 g/mol. The molecule has 2 atom stereocenters. The number of nitriles is 1. The fraction of sp³-hybridized carbons (Fsp3) is 0.421. The van der Waals surface area contributed by atoms with Crippen LogP contribution in [0.15, 0.2) is 24.5 Å². The van der Waals surface area contributed by atoms with Crippen LogP contribution in [0.4, 0.5) is 15.9 Å². The van der Waals surface area contributed by atoms with Gasteiger partial charge in [-0.2, -0.15) is 5.26 Å². The molecule has 3 heterocycles. The normalized spacial score (nSPS) is 21.6. The summed E-state index contributed by atoms with van der Waals surface area (Å²) in [5.41, 5.74) is 7.81. The lowest BCUT2D eigenvalue weighted by atomic mass is 10.0. The standard InChI is InChI=1S/C19H23FN8O/c1-29-16-7-13(28-4-2-22-3-5-28)6-14(20)19(16)15-8-17(27-26-15)25-18-11-23-12(9-21)10-24-18/h6-7,10-11,15,17,22,26-27H,2-5,8H2,1H3,(H,24,25). The topological polar surface area (TPSA) is 110 Å². The quantitative estimate of drug-likeness (QED) is 0.583. The molecule has 10 heteroatoms. The monoisotopic (exact) mass is 398 g/mol. The van der Waals surface area contributed by atoms with E-state index in [9.17, 15) is 0 Å². The summed E-state index contributed by atoms with van der Waals surface area (Å²) in [7, 11) is 1.56. The molecule has 2 aliphatic rings. The molecule has 2 fully saturated rings. The van der Waals surface area contributed by atoms with Crippen LogP contribution >= 0.6 is 0 Å². The maximum absolute atomic E-state index is 15.1. The van der Waals surface area contributed by atoms with Gasteiger partial charge in [-0.05, 0) is 6.07 Å². The van der Waals surface area contributed by atoms with Crippen molar-refractivity contribution >= 4 is 11.5 Å². The lowest BCUT2D eigenvalue weighted by Gasteiger charge is -2.30. The van der Waals surface area contributed by atoms with Crippen LogP contribution in [0.2, 0.25) is 0 Å². The fourth-order valence-corrected chi connectivity index (χ4v) is 3.67. The molecule has 4 N–H and O–H groups in total. The van der Waals surface area contributed by atoms with Gasteiger partial charge in [0, 0.05) is 49.9 Å². The molecule has 4 rings (SSSR count). The predicted molar refractivity (Wildman–Crippen MR) is 106 cm³/mol. The molecule has 29 heavy (non-hydrogen) atoms. The minimum atomic E-state index is -0.295. The Kier molecular flexibility index (Phi) is 5.71. The first-order valence-corrected chi connectivity index (χ1v) is 9.50. The molecule has 0 radical (unpaired) electrons. The van der Waals surface area contributed by atoms with Gasteiger partial charge in [-0.1, -0.05) is 0 Å². The van der Waals surface area contributed by atoms with Gasteiger partial charge in [-0.3, -0.25) is 0 Å². The van der Waals surface area contributed by atoms with E-state index in [0.29, 0.717) is 23.6 Å². The fourth-order valence-electron chi connectivity index (χ4n) is 3.67. The van der Waals surface area contributed by atoms with Crippen LogP contribution in [0.3, 0.4) is 0 Å². The summed E-state index contributed by atoms with van der Waals surface area (Å²) in [5, 5.41) is 15.3. The highest BCUT2D eigenvalue weighted by molar-refractivity contribution is 5.56. The molecule has 0 spiro atoms. The van der Waals surface area contributed by atoms with Gasteiger partial charge in [0.15, 0.2) is 5.69 Å². The van der Waals surface area contributed by atoms with Gasteiger partial charge in [0.25, 0.3) is 0 Å². The number of hydrogen-bond donors (Lipinski definition) is 4. The number of hydrazine groups is 1. The lowest BCUT2D eigenvalue weighted by Crippen LogP contribution is -2.43. The van der Waals surface area contributed by atoms with E-state index in [1.807, 2.05) is 12.1 Å². The minimum Gasteiger partial charge on any atom is -0.496 e. The number of anilines is 2. The maximum atomic E-state index is 15.1. The van der Waals surface area contributed by atoms with E-state index in [4.69, 9.17) is 10.00 Å². The van der Waals surface area contributed by atoms with Gasteiger partial charge in [-0.15, -0.1) is 0 Å². The van der Waals surface area contributed by atoms with Crippen molar-refractivity contribution in [3.8, 4) is 11.8 Å². The Balaban J connectivity index is 1.48. The third kappa shape index (κ3) is 4.22. The largest absolute Gasteiger partial charge is 0.496 e. The first-order valence-electron chi connectivity index (χ1n) is 9.50. The predicted octanol–water partition coefficient (Wildman–Crippen LogP) is 0.883. The summed E-state index contributed by atoms with van der Waals surface area (Å²) in [5.74, 6) is 0.762. The van der Waals surface area contributed by atoms with Crippen molar-refractivity contribution < 1.29 is 9.13 Å². The Morgan fingerprint density at radius 2 is 2.07 bits per heavy atom. The molecular formula is C19H23FN8O. The highest BCUT2D eigenvalue weighted by Gasteiger charge is 2.30. The molecule has 0 amide bonds. The summed E-state index contributed by atoms with van der Waals surface area (Å²) < 4.78 is 20.6. The molecule has 9 nitrogen and oxygen atoms in total. The second kappa shape index (κ2) is 8.57. The molecule has 0 saturated carbocycles. The van der Waals surface area contributed by atoms with Gasteiger partial charge in [0.2, 0.25) is 0 Å². The minimum absolute atomic E-state index is 0.181. The number of aromatic nitrogens is 2. The van der Waals surface area contributed by atoms with Crippen LogP contribution < -0.4 is 31.1 Å². The SMILES string of the molecule is COc1cc(N2CCNCC2)cc(F)c1C1CC(Nc2cnc(C#N)cn2)NN1. The molecule has 2 aliphatic heterocycles. The van der Waals surface area contributed by atoms with Crippen LogP contribution in [-0.2, 0) is 0 Å². The van der Waals surface area contributed by atoms with Crippen molar-refractivity contribution in [2.45, 2.75) is 18.6 Å². The summed E-state index contributed by atoms with van der Waals surface area (Å²) in [6.45, 7) is 3.43.